The zero-order valence-corrected chi connectivity index (χ0v) is 9.81. The highest BCUT2D eigenvalue weighted by atomic mass is 127. The van der Waals surface area contributed by atoms with Gasteiger partial charge in [-0.15, -0.1) is 0 Å². The molecule has 0 unspecified atom stereocenters. The second-order valence-electron chi connectivity index (χ2n) is 3.91. The van der Waals surface area contributed by atoms with Crippen LogP contribution in [0.15, 0.2) is 0 Å². The van der Waals surface area contributed by atoms with E-state index in [1.54, 1.807) is 0 Å². The molecule has 0 amide bonds. The van der Waals surface area contributed by atoms with E-state index in [-0.39, 0.29) is 5.60 Å². The van der Waals surface area contributed by atoms with E-state index in [9.17, 15) is 8.42 Å². The molecular weight excluding hydrogens is 291 g/mol. The van der Waals surface area contributed by atoms with E-state index in [4.69, 9.17) is 4.74 Å². The monoisotopic (exact) mass is 302 g/mol. The maximum Gasteiger partial charge on any atom is 0.155 e. The average molecular weight is 302 g/mol. The van der Waals surface area contributed by atoms with Crippen molar-refractivity contribution in [2.75, 3.05) is 17.3 Å². The van der Waals surface area contributed by atoms with Gasteiger partial charge in [0.15, 0.2) is 9.84 Å². The van der Waals surface area contributed by atoms with Crippen LogP contribution in [0.5, 0.6) is 0 Å². The number of sulfone groups is 1. The summed E-state index contributed by atoms with van der Waals surface area (Å²) in [5.74, 6) is 0. The van der Waals surface area contributed by atoms with Crippen LogP contribution >= 0.6 is 22.6 Å². The van der Waals surface area contributed by atoms with Gasteiger partial charge in [-0.25, -0.2) is 8.42 Å². The second kappa shape index (κ2) is 2.36. The molecule has 12 heavy (non-hydrogen) atoms. The van der Waals surface area contributed by atoms with Crippen molar-refractivity contribution in [2.45, 2.75) is 23.2 Å². The lowest BCUT2D eigenvalue weighted by Crippen LogP contribution is -2.54. The summed E-state index contributed by atoms with van der Waals surface area (Å²) in [6, 6.07) is 0. The van der Waals surface area contributed by atoms with Gasteiger partial charge in [-0.1, -0.05) is 22.6 Å². The number of alkyl halides is 1. The minimum absolute atomic E-state index is 0.0936. The van der Waals surface area contributed by atoms with Gasteiger partial charge in [-0.05, 0) is 12.8 Å². The smallest absolute Gasteiger partial charge is 0.155 e. The molecule has 2 bridgehead atoms. The fourth-order valence-corrected chi connectivity index (χ4v) is 4.20. The Labute approximate surface area is 85.9 Å². The fraction of sp³-hybridized carbons (Fsp3) is 1.00. The summed E-state index contributed by atoms with van der Waals surface area (Å²) in [6.45, 7) is 0.412. The maximum atomic E-state index is 11.4. The number of ether oxygens (including phenoxy) is 1. The minimum atomic E-state index is -2.91. The van der Waals surface area contributed by atoms with Crippen molar-refractivity contribution in [3.8, 4) is 0 Å². The van der Waals surface area contributed by atoms with Gasteiger partial charge in [0.05, 0.1) is 12.2 Å². The van der Waals surface area contributed by atoms with Crippen molar-refractivity contribution >= 4 is 32.4 Å². The average Bonchev–Trinajstić information content (AvgIpc) is 2.37. The first-order valence-electron chi connectivity index (χ1n) is 3.83. The number of rotatable bonds is 2. The molecule has 2 heterocycles. The zero-order chi connectivity index (χ0) is 9.04. The van der Waals surface area contributed by atoms with Crippen molar-refractivity contribution in [3.63, 3.8) is 0 Å². The molecule has 0 N–H and O–H groups in total. The summed E-state index contributed by atoms with van der Waals surface area (Å²) in [5, 5.41) is 0. The Hall–Kier alpha value is 0.640. The van der Waals surface area contributed by atoms with Gasteiger partial charge in [0.1, 0.15) is 4.75 Å². The van der Waals surface area contributed by atoms with Gasteiger partial charge >= 0.3 is 0 Å². The van der Waals surface area contributed by atoms with Crippen molar-refractivity contribution in [1.29, 1.82) is 0 Å². The topological polar surface area (TPSA) is 43.4 Å². The number of fused-ring (bicyclic) bond motifs is 1. The van der Waals surface area contributed by atoms with Crippen molar-refractivity contribution in [2.24, 2.45) is 0 Å². The summed E-state index contributed by atoms with van der Waals surface area (Å²) in [4.78, 5) is 0. The molecule has 0 spiro atoms. The van der Waals surface area contributed by atoms with Gasteiger partial charge < -0.3 is 4.74 Å². The van der Waals surface area contributed by atoms with Gasteiger partial charge in [-0.3, -0.25) is 0 Å². The Bertz CT molecular complexity index is 303. The Kier molecular flexibility index (Phi) is 1.81. The van der Waals surface area contributed by atoms with Gasteiger partial charge in [0, 0.05) is 10.7 Å². The summed E-state index contributed by atoms with van der Waals surface area (Å²) >= 11 is 2.26. The van der Waals surface area contributed by atoms with Crippen LogP contribution in [-0.4, -0.2) is 36.1 Å². The van der Waals surface area contributed by atoms with E-state index in [1.807, 2.05) is 0 Å². The molecule has 3 aliphatic rings. The zero-order valence-electron chi connectivity index (χ0n) is 6.84. The quantitative estimate of drug-likeness (QED) is 0.559. The molecule has 0 radical (unpaired) electrons. The lowest BCUT2D eigenvalue weighted by atomic mass is 9.75. The predicted octanol–water partition coefficient (Wildman–Crippen LogP) is 0.768. The molecule has 1 aliphatic carbocycles. The number of hydrogen-bond acceptors (Lipinski definition) is 3. The van der Waals surface area contributed by atoms with Crippen LogP contribution in [0.3, 0.4) is 0 Å². The minimum Gasteiger partial charge on any atom is -0.372 e. The van der Waals surface area contributed by atoms with E-state index < -0.39 is 14.6 Å². The van der Waals surface area contributed by atoms with Gasteiger partial charge in [-0.2, -0.15) is 0 Å². The molecule has 2 saturated heterocycles. The first kappa shape index (κ1) is 9.21. The number of halogens is 1. The molecule has 0 aromatic carbocycles. The van der Waals surface area contributed by atoms with E-state index in [0.717, 1.165) is 4.43 Å². The Morgan fingerprint density at radius 2 is 2.08 bits per heavy atom. The lowest BCUT2D eigenvalue weighted by molar-refractivity contribution is 0.0299. The van der Waals surface area contributed by atoms with Crippen molar-refractivity contribution in [3.05, 3.63) is 0 Å². The normalized spacial score (nSPS) is 45.8. The number of hydrogen-bond donors (Lipinski definition) is 0. The van der Waals surface area contributed by atoms with Crippen LogP contribution in [0.4, 0.5) is 0 Å². The van der Waals surface area contributed by atoms with Crippen LogP contribution in [0.25, 0.3) is 0 Å². The molecule has 5 heteroatoms. The van der Waals surface area contributed by atoms with E-state index in [2.05, 4.69) is 22.6 Å². The van der Waals surface area contributed by atoms with E-state index in [0.29, 0.717) is 19.4 Å². The first-order valence-corrected chi connectivity index (χ1v) is 7.24. The first-order chi connectivity index (χ1) is 5.43. The SMILES string of the molecule is CS(=O)(=O)C12COC(CI)(C1)C2. The van der Waals surface area contributed by atoms with E-state index >= 15 is 0 Å². The van der Waals surface area contributed by atoms with Crippen LogP contribution in [-0.2, 0) is 14.6 Å². The molecule has 0 aromatic rings. The lowest BCUT2D eigenvalue weighted by Gasteiger charge is -2.41. The molecular formula is C7H11IO3S. The Morgan fingerprint density at radius 1 is 1.50 bits per heavy atom. The van der Waals surface area contributed by atoms with Gasteiger partial charge in [0.25, 0.3) is 0 Å². The summed E-state index contributed by atoms with van der Waals surface area (Å²) in [6.07, 6.45) is 2.74. The molecule has 0 aromatic heterocycles. The van der Waals surface area contributed by atoms with E-state index in [1.165, 1.54) is 6.26 Å². The predicted molar refractivity (Wildman–Crippen MR) is 54.4 cm³/mol. The molecule has 1 saturated carbocycles. The third-order valence-electron chi connectivity index (χ3n) is 2.96. The van der Waals surface area contributed by atoms with Crippen LogP contribution in [0.2, 0.25) is 0 Å². The van der Waals surface area contributed by atoms with Crippen molar-refractivity contribution < 1.29 is 13.2 Å². The van der Waals surface area contributed by atoms with Crippen LogP contribution < -0.4 is 0 Å². The molecule has 70 valence electrons. The molecule has 3 fully saturated rings. The standard InChI is InChI=1S/C7H11IO3S/c1-12(9,10)7-2-6(3-7,4-8)11-5-7/h2-5H2,1H3. The van der Waals surface area contributed by atoms with Crippen LogP contribution in [0, 0.1) is 0 Å². The summed E-state index contributed by atoms with van der Waals surface area (Å²) in [7, 11) is -2.91. The third kappa shape index (κ3) is 0.988. The van der Waals surface area contributed by atoms with Gasteiger partial charge in [0.2, 0.25) is 0 Å². The molecule has 0 atom stereocenters. The van der Waals surface area contributed by atoms with Crippen molar-refractivity contribution in [1.82, 2.24) is 0 Å². The highest BCUT2D eigenvalue weighted by Gasteiger charge is 2.66. The highest BCUT2D eigenvalue weighted by Crippen LogP contribution is 2.56. The largest absolute Gasteiger partial charge is 0.372 e. The molecule has 2 aliphatic heterocycles. The fourth-order valence-electron chi connectivity index (χ4n) is 2.11. The third-order valence-corrected chi connectivity index (χ3v) is 6.33. The molecule has 3 nitrogen and oxygen atoms in total. The summed E-state index contributed by atoms with van der Waals surface area (Å²) in [5.41, 5.74) is -0.0936. The second-order valence-corrected chi connectivity index (χ2v) is 7.09. The Balaban J connectivity index is 2.26. The molecule has 3 rings (SSSR count). The highest BCUT2D eigenvalue weighted by molar-refractivity contribution is 14.1. The maximum absolute atomic E-state index is 11.4. The Morgan fingerprint density at radius 3 is 2.33 bits per heavy atom. The summed E-state index contributed by atoms with van der Waals surface area (Å²) < 4.78 is 28.6. The van der Waals surface area contributed by atoms with Crippen LogP contribution in [0.1, 0.15) is 12.8 Å².